The number of carboxylic acids is 2. The molecule has 0 aliphatic rings. The van der Waals surface area contributed by atoms with Gasteiger partial charge in [0.25, 0.3) is 0 Å². The molecule has 1 rings (SSSR count). The number of hydrogen-bond acceptors (Lipinski definition) is 6. The van der Waals surface area contributed by atoms with E-state index in [1.807, 2.05) is 0 Å². The quantitative estimate of drug-likeness (QED) is 0.673. The first-order valence-electron chi connectivity index (χ1n) is 3.94. The average Bonchev–Trinajstić information content (AvgIpc) is 2.14. The molecule has 0 amide bonds. The number of carbonyl (C=O) groups excluding carboxylic acids is 2. The van der Waals surface area contributed by atoms with Crippen LogP contribution in [0.25, 0.3) is 0 Å². The maximum absolute atomic E-state index is 12.3. The van der Waals surface area contributed by atoms with E-state index in [-0.39, 0.29) is 6.20 Å². The number of carboxylic acid groups (broad SMARTS) is 2. The zero-order valence-corrected chi connectivity index (χ0v) is 7.87. The minimum Gasteiger partial charge on any atom is -0.545 e. The Hall–Kier alpha value is -2.32. The SMILES string of the molecule is Nc1c(C(=O)[O-])cnc(C(F)(F)F)c1C(=O)[O-]. The smallest absolute Gasteiger partial charge is 0.434 e. The molecule has 1 aromatic rings. The third-order valence-corrected chi connectivity index (χ3v) is 1.81. The second kappa shape index (κ2) is 3.92. The largest absolute Gasteiger partial charge is 0.545 e. The van der Waals surface area contributed by atoms with Crippen LogP contribution in [0.5, 0.6) is 0 Å². The normalized spacial score (nSPS) is 11.2. The third kappa shape index (κ3) is 2.27. The zero-order valence-electron chi connectivity index (χ0n) is 7.87. The van der Waals surface area contributed by atoms with Crippen LogP contribution in [-0.2, 0) is 6.18 Å². The summed E-state index contributed by atoms with van der Waals surface area (Å²) in [5, 5.41) is 21.0. The fourth-order valence-electron chi connectivity index (χ4n) is 1.11. The van der Waals surface area contributed by atoms with Gasteiger partial charge in [0.2, 0.25) is 0 Å². The Morgan fingerprint density at radius 1 is 1.24 bits per heavy atom. The number of nitrogens with two attached hydrogens (primary N) is 1. The van der Waals surface area contributed by atoms with E-state index in [9.17, 15) is 33.0 Å². The molecule has 17 heavy (non-hydrogen) atoms. The van der Waals surface area contributed by atoms with Crippen LogP contribution in [0.4, 0.5) is 18.9 Å². The maximum atomic E-state index is 12.3. The first-order valence-corrected chi connectivity index (χ1v) is 3.94. The van der Waals surface area contributed by atoms with E-state index in [4.69, 9.17) is 5.73 Å². The van der Waals surface area contributed by atoms with Gasteiger partial charge in [-0.1, -0.05) is 0 Å². The van der Waals surface area contributed by atoms with Gasteiger partial charge < -0.3 is 25.5 Å². The van der Waals surface area contributed by atoms with E-state index in [2.05, 4.69) is 4.98 Å². The molecule has 2 N–H and O–H groups in total. The highest BCUT2D eigenvalue weighted by Gasteiger charge is 2.37. The van der Waals surface area contributed by atoms with Gasteiger partial charge in [0.1, 0.15) is 0 Å². The van der Waals surface area contributed by atoms with Gasteiger partial charge in [-0.2, -0.15) is 13.2 Å². The second-order valence-corrected chi connectivity index (χ2v) is 2.88. The van der Waals surface area contributed by atoms with Crippen LogP contribution in [0.1, 0.15) is 26.4 Å². The van der Waals surface area contributed by atoms with Crippen LogP contribution in [-0.4, -0.2) is 16.9 Å². The van der Waals surface area contributed by atoms with E-state index >= 15 is 0 Å². The predicted molar refractivity (Wildman–Crippen MR) is 42.3 cm³/mol. The Morgan fingerprint density at radius 3 is 2.12 bits per heavy atom. The summed E-state index contributed by atoms with van der Waals surface area (Å²) in [7, 11) is 0. The lowest BCUT2D eigenvalue weighted by atomic mass is 10.1. The van der Waals surface area contributed by atoms with Crippen molar-refractivity contribution < 1.29 is 33.0 Å². The number of anilines is 1. The summed E-state index contributed by atoms with van der Waals surface area (Å²) in [6.07, 6.45) is -4.81. The topological polar surface area (TPSA) is 119 Å². The summed E-state index contributed by atoms with van der Waals surface area (Å²) < 4.78 is 37.0. The zero-order chi connectivity index (χ0) is 13.4. The summed E-state index contributed by atoms with van der Waals surface area (Å²) in [5.41, 5.74) is -0.384. The molecule has 9 heteroatoms. The molecule has 1 heterocycles. The molecule has 0 atom stereocenters. The van der Waals surface area contributed by atoms with Crippen molar-refractivity contribution in [2.75, 3.05) is 5.73 Å². The lowest BCUT2D eigenvalue weighted by Crippen LogP contribution is -2.31. The van der Waals surface area contributed by atoms with Gasteiger partial charge in [-0.15, -0.1) is 0 Å². The molecule has 0 aliphatic carbocycles. The molecule has 0 saturated carbocycles. The van der Waals surface area contributed by atoms with E-state index in [0.717, 1.165) is 0 Å². The Kier molecular flexibility index (Phi) is 2.94. The van der Waals surface area contributed by atoms with Crippen LogP contribution in [0.3, 0.4) is 0 Å². The van der Waals surface area contributed by atoms with E-state index in [1.54, 1.807) is 0 Å². The number of aromatic nitrogens is 1. The Morgan fingerprint density at radius 2 is 1.76 bits per heavy atom. The highest BCUT2D eigenvalue weighted by Crippen LogP contribution is 2.33. The van der Waals surface area contributed by atoms with E-state index < -0.39 is 40.6 Å². The number of aromatic carboxylic acids is 2. The maximum Gasteiger partial charge on any atom is 0.434 e. The highest BCUT2D eigenvalue weighted by atomic mass is 19.4. The molecule has 0 unspecified atom stereocenters. The van der Waals surface area contributed by atoms with Crippen molar-refractivity contribution in [1.82, 2.24) is 4.98 Å². The molecule has 0 aromatic carbocycles. The lowest BCUT2D eigenvalue weighted by Gasteiger charge is -2.17. The minimum atomic E-state index is -5.09. The van der Waals surface area contributed by atoms with E-state index in [0.29, 0.717) is 0 Å². The van der Waals surface area contributed by atoms with Gasteiger partial charge in [-0.05, 0) is 0 Å². The highest BCUT2D eigenvalue weighted by molar-refractivity contribution is 6.01. The van der Waals surface area contributed by atoms with Gasteiger partial charge in [0.05, 0.1) is 23.2 Å². The van der Waals surface area contributed by atoms with Crippen molar-refractivity contribution in [3.8, 4) is 0 Å². The monoisotopic (exact) mass is 248 g/mol. The summed E-state index contributed by atoms with van der Waals surface area (Å²) in [5.74, 6) is -4.21. The van der Waals surface area contributed by atoms with Gasteiger partial charge in [-0.3, -0.25) is 4.98 Å². The summed E-state index contributed by atoms with van der Waals surface area (Å²) in [4.78, 5) is 23.7. The average molecular weight is 248 g/mol. The number of carbonyl (C=O) groups is 2. The Balaban J connectivity index is 3.63. The Labute approximate surface area is 91.5 Å². The molecule has 0 saturated heterocycles. The molecular weight excluding hydrogens is 245 g/mol. The van der Waals surface area contributed by atoms with Crippen molar-refractivity contribution in [2.45, 2.75) is 6.18 Å². The van der Waals surface area contributed by atoms with Gasteiger partial charge in [0.15, 0.2) is 5.69 Å². The summed E-state index contributed by atoms with van der Waals surface area (Å²) in [6, 6.07) is 0. The number of nitrogens with zero attached hydrogens (tertiary/aromatic N) is 1. The van der Waals surface area contributed by atoms with Crippen LogP contribution in [0, 0.1) is 0 Å². The van der Waals surface area contributed by atoms with Crippen molar-refractivity contribution in [3.63, 3.8) is 0 Å². The van der Waals surface area contributed by atoms with Gasteiger partial charge >= 0.3 is 6.18 Å². The van der Waals surface area contributed by atoms with Crippen LogP contribution in [0.2, 0.25) is 0 Å². The van der Waals surface area contributed by atoms with Crippen molar-refractivity contribution in [3.05, 3.63) is 23.0 Å². The first kappa shape index (κ1) is 12.7. The summed E-state index contributed by atoms with van der Waals surface area (Å²) in [6.45, 7) is 0. The number of rotatable bonds is 2. The number of halogens is 3. The van der Waals surface area contributed by atoms with Crippen LogP contribution < -0.4 is 15.9 Å². The molecule has 0 aliphatic heterocycles. The predicted octanol–water partition coefficient (Wildman–Crippen LogP) is -1.59. The van der Waals surface area contributed by atoms with E-state index in [1.165, 1.54) is 0 Å². The van der Waals surface area contributed by atoms with Gasteiger partial charge in [0, 0.05) is 11.8 Å². The minimum absolute atomic E-state index is 0.278. The first-order chi connectivity index (χ1) is 7.66. The molecule has 6 nitrogen and oxygen atoms in total. The molecule has 0 spiro atoms. The lowest BCUT2D eigenvalue weighted by molar-refractivity contribution is -0.255. The molecule has 0 fully saturated rings. The molecule has 1 aromatic heterocycles. The van der Waals surface area contributed by atoms with Crippen molar-refractivity contribution >= 4 is 17.6 Å². The van der Waals surface area contributed by atoms with Gasteiger partial charge in [-0.25, -0.2) is 0 Å². The number of hydrogen-bond donors (Lipinski definition) is 1. The van der Waals surface area contributed by atoms with Crippen LogP contribution >= 0.6 is 0 Å². The number of alkyl halides is 3. The second-order valence-electron chi connectivity index (χ2n) is 2.88. The molecule has 92 valence electrons. The number of nitrogen functional groups attached to an aromatic ring is 1. The standard InChI is InChI=1S/C8H5F3N2O4/c9-8(10,11)5-3(7(16)17)4(12)2(1-13-5)6(14)15/h1H,(H2,12,13)(H,14,15)(H,16,17)/p-2. The summed E-state index contributed by atoms with van der Waals surface area (Å²) >= 11 is 0. The fourth-order valence-corrected chi connectivity index (χ4v) is 1.11. The van der Waals surface area contributed by atoms with Crippen LogP contribution in [0.15, 0.2) is 6.20 Å². The molecular formula is C8H3F3N2O4-2. The molecule has 0 bridgehead atoms. The van der Waals surface area contributed by atoms with Crippen molar-refractivity contribution in [1.29, 1.82) is 0 Å². The molecule has 0 radical (unpaired) electrons. The van der Waals surface area contributed by atoms with Crippen molar-refractivity contribution in [2.24, 2.45) is 0 Å². The number of pyridine rings is 1. The fraction of sp³-hybridized carbons (Fsp3) is 0.125. The third-order valence-electron chi connectivity index (χ3n) is 1.81. The Bertz CT molecular complexity index is 498.